The van der Waals surface area contributed by atoms with Gasteiger partial charge in [0.15, 0.2) is 11.0 Å². The van der Waals surface area contributed by atoms with Crippen LogP contribution < -0.4 is 0 Å². The lowest BCUT2D eigenvalue weighted by Gasteiger charge is -1.92. The first kappa shape index (κ1) is 7.24. The van der Waals surface area contributed by atoms with Gasteiger partial charge in [-0.1, -0.05) is 11.6 Å². The molecule has 12 heavy (non-hydrogen) atoms. The van der Waals surface area contributed by atoms with Crippen molar-refractivity contribution in [3.8, 4) is 11.4 Å². The Labute approximate surface area is 73.6 Å². The van der Waals surface area contributed by atoms with E-state index in [0.29, 0.717) is 11.0 Å². The molecule has 0 saturated carbocycles. The van der Waals surface area contributed by atoms with Gasteiger partial charge in [-0.15, -0.1) is 5.10 Å². The minimum absolute atomic E-state index is 0.348. The molecule has 0 bridgehead atoms. The van der Waals surface area contributed by atoms with E-state index < -0.39 is 0 Å². The number of hydrogen-bond acceptors (Lipinski definition) is 3. The third-order valence-corrected chi connectivity index (χ3v) is 1.57. The van der Waals surface area contributed by atoms with Gasteiger partial charge in [0.2, 0.25) is 0 Å². The van der Waals surface area contributed by atoms with Crippen LogP contribution in [0.3, 0.4) is 0 Å². The summed E-state index contributed by atoms with van der Waals surface area (Å²) in [4.78, 5) is 6.88. The van der Waals surface area contributed by atoms with Crippen molar-refractivity contribution < 1.29 is 0 Å². The van der Waals surface area contributed by atoms with E-state index in [4.69, 9.17) is 11.6 Å². The molecule has 0 atom stereocenters. The average molecular weight is 181 g/mol. The smallest absolute Gasteiger partial charge is 0.184 e. The normalized spacial score (nSPS) is 10.1. The van der Waals surface area contributed by atoms with E-state index in [1.54, 1.807) is 12.4 Å². The third-order valence-electron chi connectivity index (χ3n) is 1.39. The van der Waals surface area contributed by atoms with Gasteiger partial charge in [-0.3, -0.25) is 0 Å². The average Bonchev–Trinajstić information content (AvgIpc) is 2.56. The highest BCUT2D eigenvalue weighted by Crippen LogP contribution is 2.13. The van der Waals surface area contributed by atoms with Crippen LogP contribution in [0.25, 0.3) is 11.4 Å². The fourth-order valence-corrected chi connectivity index (χ4v) is 0.993. The van der Waals surface area contributed by atoms with Crippen molar-refractivity contribution in [1.82, 2.24) is 20.2 Å². The van der Waals surface area contributed by atoms with E-state index in [9.17, 15) is 0 Å². The first-order chi connectivity index (χ1) is 5.86. The van der Waals surface area contributed by atoms with Crippen molar-refractivity contribution in [3.05, 3.63) is 29.8 Å². The highest BCUT2D eigenvalue weighted by Gasteiger charge is 2.01. The van der Waals surface area contributed by atoms with Gasteiger partial charge in [0.25, 0.3) is 0 Å². The second kappa shape index (κ2) is 2.91. The van der Waals surface area contributed by atoms with Crippen molar-refractivity contribution in [2.45, 2.75) is 0 Å². The van der Waals surface area contributed by atoms with Crippen molar-refractivity contribution in [2.24, 2.45) is 0 Å². The molecular weight excluding hydrogens is 176 g/mol. The molecule has 1 N–H and O–H groups in total. The maximum atomic E-state index is 5.64. The second-order valence-electron chi connectivity index (χ2n) is 2.20. The predicted octanol–water partition coefficient (Wildman–Crippen LogP) is 1.52. The van der Waals surface area contributed by atoms with E-state index in [0.717, 1.165) is 5.56 Å². The van der Waals surface area contributed by atoms with Crippen molar-refractivity contribution >= 4 is 11.6 Å². The first-order valence-electron chi connectivity index (χ1n) is 3.34. The van der Waals surface area contributed by atoms with Crippen LogP contribution >= 0.6 is 11.6 Å². The number of halogens is 1. The summed E-state index contributed by atoms with van der Waals surface area (Å²) in [5.41, 5.74) is 0.880. The lowest BCUT2D eigenvalue weighted by molar-refractivity contribution is 0.980. The zero-order valence-electron chi connectivity index (χ0n) is 6.03. The summed E-state index contributed by atoms with van der Waals surface area (Å²) >= 11 is 5.64. The summed E-state index contributed by atoms with van der Waals surface area (Å²) in [6, 6.07) is 1.85. The fourth-order valence-electron chi connectivity index (χ4n) is 0.869. The molecule has 2 heterocycles. The zero-order chi connectivity index (χ0) is 8.39. The van der Waals surface area contributed by atoms with Gasteiger partial charge in [0, 0.05) is 18.0 Å². The number of rotatable bonds is 1. The van der Waals surface area contributed by atoms with Gasteiger partial charge in [0.05, 0.1) is 6.20 Å². The lowest BCUT2D eigenvalue weighted by atomic mass is 10.3. The maximum Gasteiger partial charge on any atom is 0.184 e. The Kier molecular flexibility index (Phi) is 1.75. The molecule has 60 valence electrons. The Morgan fingerprint density at radius 3 is 3.00 bits per heavy atom. The van der Waals surface area contributed by atoms with Crippen LogP contribution in [0.4, 0.5) is 0 Å². The van der Waals surface area contributed by atoms with Crippen LogP contribution in [0.15, 0.2) is 24.7 Å². The molecule has 0 saturated heterocycles. The van der Waals surface area contributed by atoms with Gasteiger partial charge in [-0.25, -0.2) is 4.98 Å². The second-order valence-corrected chi connectivity index (χ2v) is 2.59. The summed E-state index contributed by atoms with van der Waals surface area (Å²) in [6.07, 6.45) is 4.98. The van der Waals surface area contributed by atoms with Crippen LogP contribution in [0.1, 0.15) is 0 Å². The highest BCUT2D eigenvalue weighted by atomic mass is 35.5. The monoisotopic (exact) mass is 180 g/mol. The molecule has 5 heteroatoms. The molecule has 0 amide bonds. The number of nitrogens with zero attached hydrogens (tertiary/aromatic N) is 3. The van der Waals surface area contributed by atoms with Crippen LogP contribution in [-0.2, 0) is 0 Å². The van der Waals surface area contributed by atoms with Crippen molar-refractivity contribution in [2.75, 3.05) is 0 Å². The first-order valence-corrected chi connectivity index (χ1v) is 3.72. The summed E-state index contributed by atoms with van der Waals surface area (Å²) in [7, 11) is 0. The molecule has 0 aromatic carbocycles. The number of aromatic amines is 1. The van der Waals surface area contributed by atoms with Crippen LogP contribution in [0.2, 0.25) is 5.15 Å². The zero-order valence-corrected chi connectivity index (χ0v) is 6.78. The maximum absolute atomic E-state index is 5.64. The summed E-state index contributed by atoms with van der Waals surface area (Å²) in [6.45, 7) is 0. The number of hydrogen-bond donors (Lipinski definition) is 1. The molecule has 4 nitrogen and oxygen atoms in total. The molecule has 0 radical (unpaired) electrons. The minimum atomic E-state index is 0.348. The largest absolute Gasteiger partial charge is 0.367 e. The van der Waals surface area contributed by atoms with E-state index in [1.807, 2.05) is 6.07 Å². The standard InChI is InChI=1S/C7H5ClN4/c8-6-4-10-12-7(11-6)5-1-2-9-3-5/h1-4,9H. The molecule has 0 aliphatic carbocycles. The van der Waals surface area contributed by atoms with Crippen LogP contribution in [0, 0.1) is 0 Å². The summed E-state index contributed by atoms with van der Waals surface area (Å²) < 4.78 is 0. The summed E-state index contributed by atoms with van der Waals surface area (Å²) in [5.74, 6) is 0.531. The van der Waals surface area contributed by atoms with Crippen molar-refractivity contribution in [1.29, 1.82) is 0 Å². The molecule has 0 unspecified atom stereocenters. The Bertz CT molecular complexity index is 371. The SMILES string of the molecule is Clc1cnnc(-c2cc[nH]c2)n1. The molecule has 2 rings (SSSR count). The van der Waals surface area contributed by atoms with E-state index in [-0.39, 0.29) is 0 Å². The van der Waals surface area contributed by atoms with E-state index in [1.165, 1.54) is 6.20 Å². The van der Waals surface area contributed by atoms with Gasteiger partial charge >= 0.3 is 0 Å². The van der Waals surface area contributed by atoms with Gasteiger partial charge in [0.1, 0.15) is 0 Å². The Morgan fingerprint density at radius 1 is 1.42 bits per heavy atom. The van der Waals surface area contributed by atoms with Gasteiger partial charge < -0.3 is 4.98 Å². The van der Waals surface area contributed by atoms with Crippen LogP contribution in [0.5, 0.6) is 0 Å². The lowest BCUT2D eigenvalue weighted by Crippen LogP contribution is -1.89. The Hall–Kier alpha value is -1.42. The Morgan fingerprint density at radius 2 is 2.33 bits per heavy atom. The molecule has 2 aromatic heterocycles. The van der Waals surface area contributed by atoms with Crippen LogP contribution in [-0.4, -0.2) is 20.2 Å². The van der Waals surface area contributed by atoms with Crippen molar-refractivity contribution in [3.63, 3.8) is 0 Å². The Balaban J connectivity index is 2.48. The minimum Gasteiger partial charge on any atom is -0.367 e. The number of aromatic nitrogens is 4. The molecule has 0 fully saturated rings. The quantitative estimate of drug-likeness (QED) is 0.724. The third kappa shape index (κ3) is 1.29. The van der Waals surface area contributed by atoms with Gasteiger partial charge in [-0.2, -0.15) is 5.10 Å². The fraction of sp³-hybridized carbons (Fsp3) is 0. The number of H-pyrrole nitrogens is 1. The number of nitrogens with one attached hydrogen (secondary N) is 1. The molecule has 0 aliphatic heterocycles. The van der Waals surface area contributed by atoms with E-state index in [2.05, 4.69) is 20.2 Å². The molecule has 0 aliphatic rings. The van der Waals surface area contributed by atoms with E-state index >= 15 is 0 Å². The predicted molar refractivity (Wildman–Crippen MR) is 44.6 cm³/mol. The highest BCUT2D eigenvalue weighted by molar-refractivity contribution is 6.29. The van der Waals surface area contributed by atoms with Gasteiger partial charge in [-0.05, 0) is 6.07 Å². The molecule has 2 aromatic rings. The molecular formula is C7H5ClN4. The summed E-state index contributed by atoms with van der Waals surface area (Å²) in [5, 5.41) is 7.85. The topological polar surface area (TPSA) is 54.5 Å². The molecule has 0 spiro atoms.